The predicted molar refractivity (Wildman–Crippen MR) is 133 cm³/mol. The van der Waals surface area contributed by atoms with Gasteiger partial charge in [-0.3, -0.25) is 4.79 Å². The summed E-state index contributed by atoms with van der Waals surface area (Å²) in [5.74, 6) is -0.266. The molecule has 4 aromatic rings. The number of carbonyl (C=O) groups excluding carboxylic acids is 1. The van der Waals surface area contributed by atoms with Crippen LogP contribution in [0.2, 0.25) is 5.02 Å². The van der Waals surface area contributed by atoms with Crippen LogP contribution in [0.1, 0.15) is 21.6 Å². The molecule has 0 spiro atoms. The van der Waals surface area contributed by atoms with E-state index in [9.17, 15) is 9.18 Å². The molecule has 4 rings (SSSR count). The normalized spacial score (nSPS) is 10.8. The van der Waals surface area contributed by atoms with Crippen molar-refractivity contribution in [2.24, 2.45) is 0 Å². The summed E-state index contributed by atoms with van der Waals surface area (Å²) in [5.41, 5.74) is 2.57. The number of nitrogens with one attached hydrogen (secondary N) is 1. The smallest absolute Gasteiger partial charge is 0.275 e. The van der Waals surface area contributed by atoms with E-state index in [-0.39, 0.29) is 17.4 Å². The van der Waals surface area contributed by atoms with Crippen LogP contribution in [-0.2, 0) is 5.75 Å². The number of anilines is 1. The molecule has 0 fully saturated rings. The highest BCUT2D eigenvalue weighted by Gasteiger charge is 2.18. The first-order valence-electron chi connectivity index (χ1n) is 10.0. The Morgan fingerprint density at radius 1 is 1.03 bits per heavy atom. The van der Waals surface area contributed by atoms with Crippen molar-refractivity contribution in [2.75, 3.05) is 5.32 Å². The number of amides is 1. The Bertz CT molecular complexity index is 1270. The Hall–Kier alpha value is -2.87. The first-order valence-corrected chi connectivity index (χ1v) is 12.2. The molecule has 0 aliphatic rings. The van der Waals surface area contributed by atoms with E-state index in [1.807, 2.05) is 43.3 Å². The van der Waals surface area contributed by atoms with Gasteiger partial charge in [-0.2, -0.15) is 0 Å². The highest BCUT2D eigenvalue weighted by Crippen LogP contribution is 2.32. The maximum Gasteiger partial charge on any atom is 0.275 e. The SMILES string of the molecule is Cc1ccc(NC(=O)c2nc(SCc3ccccc3F)ncc2Sc2ccc(Cl)cc2)cc1. The van der Waals surface area contributed by atoms with Gasteiger partial charge in [0.05, 0.1) is 4.90 Å². The van der Waals surface area contributed by atoms with Gasteiger partial charge >= 0.3 is 0 Å². The largest absolute Gasteiger partial charge is 0.321 e. The van der Waals surface area contributed by atoms with Gasteiger partial charge in [0, 0.05) is 27.6 Å². The van der Waals surface area contributed by atoms with Gasteiger partial charge in [0.2, 0.25) is 0 Å². The molecule has 1 N–H and O–H groups in total. The lowest BCUT2D eigenvalue weighted by molar-refractivity contribution is 0.101. The van der Waals surface area contributed by atoms with E-state index in [1.165, 1.54) is 29.6 Å². The molecule has 4 nitrogen and oxygen atoms in total. The molecule has 0 radical (unpaired) electrons. The van der Waals surface area contributed by atoms with E-state index in [1.54, 1.807) is 36.5 Å². The summed E-state index contributed by atoms with van der Waals surface area (Å²) in [4.78, 5) is 23.6. The second-order valence-electron chi connectivity index (χ2n) is 7.12. The minimum atomic E-state index is -0.342. The molecule has 1 heterocycles. The number of halogens is 2. The van der Waals surface area contributed by atoms with Gasteiger partial charge in [-0.15, -0.1) is 0 Å². The van der Waals surface area contributed by atoms with Crippen LogP contribution in [0, 0.1) is 12.7 Å². The summed E-state index contributed by atoms with van der Waals surface area (Å²) >= 11 is 8.64. The van der Waals surface area contributed by atoms with Gasteiger partial charge in [-0.25, -0.2) is 14.4 Å². The van der Waals surface area contributed by atoms with E-state index in [2.05, 4.69) is 15.3 Å². The molecule has 0 unspecified atom stereocenters. The molecule has 0 atom stereocenters. The maximum absolute atomic E-state index is 14.0. The molecule has 0 saturated carbocycles. The average molecular weight is 496 g/mol. The molecule has 8 heteroatoms. The quantitative estimate of drug-likeness (QED) is 0.216. The average Bonchev–Trinajstić information content (AvgIpc) is 2.82. The van der Waals surface area contributed by atoms with E-state index in [4.69, 9.17) is 11.6 Å². The minimum absolute atomic E-state index is 0.251. The van der Waals surface area contributed by atoms with Gasteiger partial charge in [0.25, 0.3) is 5.91 Å². The van der Waals surface area contributed by atoms with Crippen LogP contribution in [0.5, 0.6) is 0 Å². The first kappa shape index (κ1) is 23.3. The van der Waals surface area contributed by atoms with Crippen molar-refractivity contribution < 1.29 is 9.18 Å². The molecule has 3 aromatic carbocycles. The fraction of sp³-hybridized carbons (Fsp3) is 0.0800. The Morgan fingerprint density at radius 2 is 1.76 bits per heavy atom. The van der Waals surface area contributed by atoms with Gasteiger partial charge in [-0.05, 0) is 55.0 Å². The second kappa shape index (κ2) is 10.8. The van der Waals surface area contributed by atoms with Crippen molar-refractivity contribution >= 4 is 46.7 Å². The summed E-state index contributed by atoms with van der Waals surface area (Å²) in [6.07, 6.45) is 1.63. The van der Waals surface area contributed by atoms with Crippen molar-refractivity contribution in [1.82, 2.24) is 9.97 Å². The predicted octanol–water partition coefficient (Wildman–Crippen LogP) is 7.27. The maximum atomic E-state index is 14.0. The van der Waals surface area contributed by atoms with E-state index in [0.29, 0.717) is 32.1 Å². The molecule has 166 valence electrons. The highest BCUT2D eigenvalue weighted by molar-refractivity contribution is 7.99. The van der Waals surface area contributed by atoms with Crippen molar-refractivity contribution in [3.63, 3.8) is 0 Å². The van der Waals surface area contributed by atoms with Crippen LogP contribution in [0.25, 0.3) is 0 Å². The zero-order valence-electron chi connectivity index (χ0n) is 17.6. The molecule has 0 aliphatic carbocycles. The van der Waals surface area contributed by atoms with Crippen LogP contribution in [0.15, 0.2) is 93.9 Å². The Morgan fingerprint density at radius 3 is 2.48 bits per heavy atom. The minimum Gasteiger partial charge on any atom is -0.321 e. The Kier molecular flexibility index (Phi) is 7.65. The third kappa shape index (κ3) is 6.35. The third-order valence-electron chi connectivity index (χ3n) is 4.61. The van der Waals surface area contributed by atoms with Gasteiger partial charge in [0.15, 0.2) is 5.16 Å². The van der Waals surface area contributed by atoms with E-state index >= 15 is 0 Å². The summed E-state index contributed by atoms with van der Waals surface area (Å²) < 4.78 is 14.0. The molecule has 33 heavy (non-hydrogen) atoms. The van der Waals surface area contributed by atoms with E-state index < -0.39 is 0 Å². The fourth-order valence-corrected chi connectivity index (χ4v) is 4.67. The number of hydrogen-bond donors (Lipinski definition) is 1. The first-order chi connectivity index (χ1) is 16.0. The number of aromatic nitrogens is 2. The number of thioether (sulfide) groups is 1. The lowest BCUT2D eigenvalue weighted by Crippen LogP contribution is -2.16. The number of nitrogens with zero attached hydrogens (tertiary/aromatic N) is 2. The van der Waals surface area contributed by atoms with Crippen LogP contribution in [-0.4, -0.2) is 15.9 Å². The van der Waals surface area contributed by atoms with Crippen LogP contribution in [0.4, 0.5) is 10.1 Å². The highest BCUT2D eigenvalue weighted by atomic mass is 35.5. The van der Waals surface area contributed by atoms with Crippen molar-refractivity contribution in [1.29, 1.82) is 0 Å². The molecule has 0 bridgehead atoms. The second-order valence-corrected chi connectivity index (χ2v) is 9.62. The van der Waals surface area contributed by atoms with Crippen LogP contribution >= 0.6 is 35.1 Å². The van der Waals surface area contributed by atoms with Gasteiger partial charge < -0.3 is 5.32 Å². The number of rotatable bonds is 7. The van der Waals surface area contributed by atoms with Crippen LogP contribution < -0.4 is 5.32 Å². The fourth-order valence-electron chi connectivity index (χ4n) is 2.88. The monoisotopic (exact) mass is 495 g/mol. The topological polar surface area (TPSA) is 54.9 Å². The molecule has 0 saturated heterocycles. The zero-order chi connectivity index (χ0) is 23.2. The zero-order valence-corrected chi connectivity index (χ0v) is 20.0. The summed E-state index contributed by atoms with van der Waals surface area (Å²) in [6.45, 7) is 1.98. The third-order valence-corrected chi connectivity index (χ3v) is 6.80. The lowest BCUT2D eigenvalue weighted by Gasteiger charge is -2.11. The molecule has 1 amide bonds. The van der Waals surface area contributed by atoms with Crippen molar-refractivity contribution in [3.05, 3.63) is 107 Å². The molecular formula is C25H19ClFN3OS2. The van der Waals surface area contributed by atoms with Crippen LogP contribution in [0.3, 0.4) is 0 Å². The van der Waals surface area contributed by atoms with Crippen molar-refractivity contribution in [2.45, 2.75) is 27.6 Å². The lowest BCUT2D eigenvalue weighted by atomic mass is 10.2. The number of hydrogen-bond acceptors (Lipinski definition) is 5. The van der Waals surface area contributed by atoms with E-state index in [0.717, 1.165) is 10.5 Å². The van der Waals surface area contributed by atoms with Gasteiger partial charge in [0.1, 0.15) is 11.5 Å². The number of carbonyl (C=O) groups is 1. The summed E-state index contributed by atoms with van der Waals surface area (Å²) in [7, 11) is 0. The Balaban J connectivity index is 1.60. The number of aryl methyl sites for hydroxylation is 1. The summed E-state index contributed by atoms with van der Waals surface area (Å²) in [5, 5.41) is 3.93. The van der Waals surface area contributed by atoms with Gasteiger partial charge in [-0.1, -0.05) is 71.0 Å². The molecule has 1 aromatic heterocycles. The van der Waals surface area contributed by atoms with Crippen molar-refractivity contribution in [3.8, 4) is 0 Å². The standard InChI is InChI=1S/C25H19ClFN3OS2/c1-16-6-10-19(11-7-16)29-24(31)23-22(33-20-12-8-18(26)9-13-20)14-28-25(30-23)32-15-17-4-2-3-5-21(17)27/h2-14H,15H2,1H3,(H,29,31). The number of benzene rings is 3. The molecule has 0 aliphatic heterocycles. The molecular weight excluding hydrogens is 477 g/mol. The Labute approximate surface area is 205 Å². The summed E-state index contributed by atoms with van der Waals surface area (Å²) in [6, 6.07) is 21.4.